The first-order chi connectivity index (χ1) is 8.22. The zero-order valence-corrected chi connectivity index (χ0v) is 10.6. The van der Waals surface area contributed by atoms with Gasteiger partial charge in [0, 0.05) is 22.8 Å². The number of nitrogen functional groups attached to an aromatic ring is 1. The third-order valence-corrected chi connectivity index (χ3v) is 4.11. The van der Waals surface area contributed by atoms with Gasteiger partial charge < -0.3 is 10.2 Å². The number of hydrogen-bond donors (Lipinski definition) is 1. The van der Waals surface area contributed by atoms with Gasteiger partial charge in [0.15, 0.2) is 9.92 Å². The fourth-order valence-corrected chi connectivity index (χ4v) is 3.13. The molecule has 0 saturated heterocycles. The molecule has 0 fully saturated rings. The van der Waals surface area contributed by atoms with E-state index in [9.17, 15) is 0 Å². The van der Waals surface area contributed by atoms with Gasteiger partial charge in [-0.2, -0.15) is 0 Å². The maximum absolute atomic E-state index is 5.82. The molecule has 86 valence electrons. The van der Waals surface area contributed by atoms with Crippen molar-refractivity contribution in [1.29, 1.82) is 0 Å². The standard InChI is InChI=1S/C11H9N3OS2/c1-6-5-16-11(13-6)17-10-14-9-7(12)3-2-4-8(9)15-10/h2-5H,12H2,1H3. The van der Waals surface area contributed by atoms with Gasteiger partial charge in [-0.15, -0.1) is 11.3 Å². The van der Waals surface area contributed by atoms with Crippen LogP contribution in [-0.4, -0.2) is 9.97 Å². The number of fused-ring (bicyclic) bond motifs is 1. The van der Waals surface area contributed by atoms with Gasteiger partial charge in [-0.1, -0.05) is 6.07 Å². The molecule has 17 heavy (non-hydrogen) atoms. The summed E-state index contributed by atoms with van der Waals surface area (Å²) in [6.45, 7) is 1.96. The van der Waals surface area contributed by atoms with Crippen LogP contribution in [0.5, 0.6) is 0 Å². The maximum atomic E-state index is 5.82. The highest BCUT2D eigenvalue weighted by Gasteiger charge is 2.11. The second-order valence-electron chi connectivity index (χ2n) is 3.53. The molecule has 2 aromatic heterocycles. The number of hydrogen-bond acceptors (Lipinski definition) is 6. The van der Waals surface area contributed by atoms with Crippen LogP contribution in [0.3, 0.4) is 0 Å². The van der Waals surface area contributed by atoms with Gasteiger partial charge in [-0.05, 0) is 19.1 Å². The Labute approximate surface area is 106 Å². The maximum Gasteiger partial charge on any atom is 0.264 e. The van der Waals surface area contributed by atoms with Gasteiger partial charge in [-0.3, -0.25) is 0 Å². The Balaban J connectivity index is 1.98. The zero-order valence-electron chi connectivity index (χ0n) is 9.01. The van der Waals surface area contributed by atoms with Crippen molar-refractivity contribution in [2.75, 3.05) is 5.73 Å². The second kappa shape index (κ2) is 4.05. The smallest absolute Gasteiger partial charge is 0.264 e. The molecule has 0 spiro atoms. The predicted octanol–water partition coefficient (Wildman–Crippen LogP) is 3.33. The molecule has 1 aromatic carbocycles. The van der Waals surface area contributed by atoms with Gasteiger partial charge in [0.25, 0.3) is 5.22 Å². The summed E-state index contributed by atoms with van der Waals surface area (Å²) in [4.78, 5) is 8.70. The molecule has 0 saturated carbocycles. The Hall–Kier alpha value is -1.53. The number of nitrogens with zero attached hydrogens (tertiary/aromatic N) is 2. The summed E-state index contributed by atoms with van der Waals surface area (Å²) in [5.74, 6) is 0. The first-order valence-electron chi connectivity index (χ1n) is 4.97. The Morgan fingerprint density at radius 2 is 2.24 bits per heavy atom. The van der Waals surface area contributed by atoms with E-state index in [0.29, 0.717) is 22.0 Å². The molecule has 0 bridgehead atoms. The van der Waals surface area contributed by atoms with Crippen molar-refractivity contribution >= 4 is 39.9 Å². The summed E-state index contributed by atoms with van der Waals surface area (Å²) < 4.78 is 6.52. The molecule has 3 aromatic rings. The molecular weight excluding hydrogens is 254 g/mol. The Kier molecular flexibility index (Phi) is 2.53. The first-order valence-corrected chi connectivity index (χ1v) is 6.67. The summed E-state index contributed by atoms with van der Waals surface area (Å²) in [6, 6.07) is 5.52. The highest BCUT2D eigenvalue weighted by molar-refractivity contribution is 8.00. The predicted molar refractivity (Wildman–Crippen MR) is 69.4 cm³/mol. The fraction of sp³-hybridized carbons (Fsp3) is 0.0909. The normalized spacial score (nSPS) is 11.1. The van der Waals surface area contributed by atoms with E-state index in [1.807, 2.05) is 30.5 Å². The van der Waals surface area contributed by atoms with Crippen molar-refractivity contribution in [2.24, 2.45) is 0 Å². The minimum atomic E-state index is 0.576. The van der Waals surface area contributed by atoms with Gasteiger partial charge >= 0.3 is 0 Å². The summed E-state index contributed by atoms with van der Waals surface area (Å²) in [7, 11) is 0. The average molecular weight is 263 g/mol. The molecule has 0 atom stereocenters. The Bertz CT molecular complexity index is 674. The lowest BCUT2D eigenvalue weighted by Gasteiger charge is -1.89. The van der Waals surface area contributed by atoms with Crippen LogP contribution in [-0.2, 0) is 0 Å². The average Bonchev–Trinajstić information content (AvgIpc) is 2.86. The summed E-state index contributed by atoms with van der Waals surface area (Å²) in [6.07, 6.45) is 0. The highest BCUT2D eigenvalue weighted by atomic mass is 32.2. The molecule has 0 aliphatic carbocycles. The van der Waals surface area contributed by atoms with Crippen LogP contribution in [0.25, 0.3) is 11.1 Å². The third-order valence-electron chi connectivity index (χ3n) is 2.20. The van der Waals surface area contributed by atoms with Crippen LogP contribution in [0.4, 0.5) is 5.69 Å². The topological polar surface area (TPSA) is 64.9 Å². The molecule has 0 radical (unpaired) electrons. The molecule has 0 aliphatic heterocycles. The van der Waals surface area contributed by atoms with E-state index in [1.165, 1.54) is 11.8 Å². The molecular formula is C11H9N3OS2. The minimum absolute atomic E-state index is 0.576. The van der Waals surface area contributed by atoms with E-state index in [0.717, 1.165) is 10.0 Å². The van der Waals surface area contributed by atoms with Crippen molar-refractivity contribution in [3.63, 3.8) is 0 Å². The molecule has 0 unspecified atom stereocenters. The number of aryl methyl sites for hydroxylation is 1. The lowest BCUT2D eigenvalue weighted by Crippen LogP contribution is -1.84. The monoisotopic (exact) mass is 263 g/mol. The van der Waals surface area contributed by atoms with Crippen LogP contribution in [0.2, 0.25) is 0 Å². The molecule has 2 heterocycles. The number of rotatable bonds is 2. The summed E-state index contributed by atoms with van der Waals surface area (Å²) >= 11 is 3.00. The van der Waals surface area contributed by atoms with Crippen molar-refractivity contribution in [1.82, 2.24) is 9.97 Å². The number of para-hydroxylation sites is 1. The van der Waals surface area contributed by atoms with Crippen molar-refractivity contribution in [3.05, 3.63) is 29.3 Å². The number of oxazole rings is 1. The quantitative estimate of drug-likeness (QED) is 0.718. The molecule has 0 amide bonds. The number of aromatic nitrogens is 2. The van der Waals surface area contributed by atoms with Gasteiger partial charge in [0.05, 0.1) is 5.69 Å². The zero-order chi connectivity index (χ0) is 11.8. The van der Waals surface area contributed by atoms with Gasteiger partial charge in [-0.25, -0.2) is 9.97 Å². The van der Waals surface area contributed by atoms with E-state index in [1.54, 1.807) is 11.3 Å². The molecule has 4 nitrogen and oxygen atoms in total. The number of thiazole rings is 1. The lowest BCUT2D eigenvalue weighted by atomic mass is 10.3. The van der Waals surface area contributed by atoms with Crippen molar-refractivity contribution < 1.29 is 4.42 Å². The number of anilines is 1. The van der Waals surface area contributed by atoms with Gasteiger partial charge in [0.1, 0.15) is 5.52 Å². The van der Waals surface area contributed by atoms with Crippen molar-refractivity contribution in [2.45, 2.75) is 16.5 Å². The van der Waals surface area contributed by atoms with Crippen LogP contribution in [0, 0.1) is 6.92 Å². The van der Waals surface area contributed by atoms with E-state index < -0.39 is 0 Å². The van der Waals surface area contributed by atoms with E-state index >= 15 is 0 Å². The Morgan fingerprint density at radius 3 is 2.94 bits per heavy atom. The van der Waals surface area contributed by atoms with Crippen LogP contribution >= 0.6 is 23.1 Å². The van der Waals surface area contributed by atoms with Crippen LogP contribution < -0.4 is 5.73 Å². The first kappa shape index (κ1) is 10.6. The van der Waals surface area contributed by atoms with Crippen molar-refractivity contribution in [3.8, 4) is 0 Å². The second-order valence-corrected chi connectivity index (χ2v) is 5.59. The number of benzene rings is 1. The Morgan fingerprint density at radius 1 is 1.35 bits per heavy atom. The summed E-state index contributed by atoms with van der Waals surface area (Å²) in [5.41, 5.74) is 8.88. The minimum Gasteiger partial charge on any atom is -0.431 e. The molecule has 6 heteroatoms. The highest BCUT2D eigenvalue weighted by Crippen LogP contribution is 2.33. The van der Waals surface area contributed by atoms with Crippen LogP contribution in [0.1, 0.15) is 5.69 Å². The molecule has 0 aliphatic rings. The van der Waals surface area contributed by atoms with E-state index in [-0.39, 0.29) is 0 Å². The lowest BCUT2D eigenvalue weighted by molar-refractivity contribution is 0.489. The summed E-state index contributed by atoms with van der Waals surface area (Å²) in [5, 5.41) is 2.58. The molecule has 3 rings (SSSR count). The molecule has 2 N–H and O–H groups in total. The largest absolute Gasteiger partial charge is 0.431 e. The van der Waals surface area contributed by atoms with E-state index in [4.69, 9.17) is 10.2 Å². The third kappa shape index (κ3) is 2.01. The number of nitrogens with two attached hydrogens (primary N) is 1. The van der Waals surface area contributed by atoms with Crippen LogP contribution in [0.15, 0.2) is 37.6 Å². The van der Waals surface area contributed by atoms with E-state index in [2.05, 4.69) is 9.97 Å². The van der Waals surface area contributed by atoms with Gasteiger partial charge in [0.2, 0.25) is 0 Å². The fourth-order valence-electron chi connectivity index (χ4n) is 1.45. The SMILES string of the molecule is Cc1csc(Sc2nc3c(N)cccc3o2)n1.